The Morgan fingerprint density at radius 2 is 1.55 bits per heavy atom. The summed E-state index contributed by atoms with van der Waals surface area (Å²) in [5.41, 5.74) is 1.93. The molecule has 1 fully saturated rings. The maximum absolute atomic E-state index is 13.0. The minimum atomic E-state index is -3.90. The van der Waals surface area contributed by atoms with E-state index in [1.165, 1.54) is 6.07 Å². The van der Waals surface area contributed by atoms with Gasteiger partial charge in [-0.25, -0.2) is 8.42 Å². The number of benzene rings is 3. The monoisotopic (exact) mass is 463 g/mol. The third kappa shape index (κ3) is 5.06. The molecule has 0 spiro atoms. The van der Waals surface area contributed by atoms with Gasteiger partial charge in [0.25, 0.3) is 21.8 Å². The van der Waals surface area contributed by atoms with Crippen LogP contribution in [-0.2, 0) is 10.0 Å². The Kier molecular flexibility index (Phi) is 6.46. The van der Waals surface area contributed by atoms with Crippen LogP contribution in [0, 0.1) is 6.92 Å². The number of carbonyl (C=O) groups excluding carboxylic acids is 2. The van der Waals surface area contributed by atoms with Crippen molar-refractivity contribution in [2.45, 2.75) is 24.7 Å². The number of aryl methyl sites for hydroxylation is 1. The molecule has 0 bridgehead atoms. The zero-order valence-electron chi connectivity index (χ0n) is 18.2. The number of nitrogens with zero attached hydrogens (tertiary/aromatic N) is 1. The number of rotatable bonds is 6. The van der Waals surface area contributed by atoms with Crippen molar-refractivity contribution in [3.8, 4) is 0 Å². The zero-order chi connectivity index (χ0) is 23.4. The summed E-state index contributed by atoms with van der Waals surface area (Å²) in [6.45, 7) is 3.08. The fraction of sp³-hybridized carbons (Fsp3) is 0.200. The molecule has 8 heteroatoms. The van der Waals surface area contributed by atoms with Crippen LogP contribution in [0.3, 0.4) is 0 Å². The standard InChI is InChI=1S/C25H25N3O4S/c1-18-13-14-19(17-23(18)33(31,32)27-20-9-3-2-4-10-20)24(29)26-22-12-6-5-11-21(22)25(30)28-15-7-8-16-28/h2-6,9-14,17,27H,7-8,15-16H2,1H3,(H,26,29). The van der Waals surface area contributed by atoms with Gasteiger partial charge in [0.2, 0.25) is 0 Å². The lowest BCUT2D eigenvalue weighted by atomic mass is 10.1. The third-order valence-corrected chi connectivity index (χ3v) is 7.09. The molecule has 0 unspecified atom stereocenters. The molecule has 0 aromatic heterocycles. The van der Waals surface area contributed by atoms with Crippen LogP contribution in [-0.4, -0.2) is 38.2 Å². The number of anilines is 2. The van der Waals surface area contributed by atoms with E-state index in [9.17, 15) is 18.0 Å². The lowest BCUT2D eigenvalue weighted by Gasteiger charge is -2.18. The first-order valence-electron chi connectivity index (χ1n) is 10.7. The normalized spacial score (nSPS) is 13.5. The molecule has 170 valence electrons. The highest BCUT2D eigenvalue weighted by Crippen LogP contribution is 2.24. The summed E-state index contributed by atoms with van der Waals surface area (Å²) in [5.74, 6) is -0.615. The third-order valence-electron chi connectivity index (χ3n) is 5.56. The van der Waals surface area contributed by atoms with Gasteiger partial charge < -0.3 is 10.2 Å². The maximum Gasteiger partial charge on any atom is 0.262 e. The Labute approximate surface area is 193 Å². The summed E-state index contributed by atoms with van der Waals surface area (Å²) in [4.78, 5) is 27.7. The summed E-state index contributed by atoms with van der Waals surface area (Å²) in [5, 5.41) is 2.78. The fourth-order valence-corrected chi connectivity index (χ4v) is 5.14. The molecule has 0 radical (unpaired) electrons. The van der Waals surface area contributed by atoms with Crippen LogP contribution < -0.4 is 10.0 Å². The molecular formula is C25H25N3O4S. The van der Waals surface area contributed by atoms with E-state index in [1.54, 1.807) is 78.6 Å². The average molecular weight is 464 g/mol. The molecule has 0 atom stereocenters. The number of para-hydroxylation sites is 2. The molecule has 1 saturated heterocycles. The van der Waals surface area contributed by atoms with Crippen molar-refractivity contribution < 1.29 is 18.0 Å². The Balaban J connectivity index is 1.59. The predicted molar refractivity (Wildman–Crippen MR) is 128 cm³/mol. The van der Waals surface area contributed by atoms with Crippen molar-refractivity contribution in [3.63, 3.8) is 0 Å². The van der Waals surface area contributed by atoms with E-state index in [1.807, 2.05) is 0 Å². The van der Waals surface area contributed by atoms with Crippen LogP contribution in [0.4, 0.5) is 11.4 Å². The quantitative estimate of drug-likeness (QED) is 0.570. The molecule has 7 nitrogen and oxygen atoms in total. The number of hydrogen-bond donors (Lipinski definition) is 2. The van der Waals surface area contributed by atoms with Crippen molar-refractivity contribution >= 4 is 33.2 Å². The second-order valence-electron chi connectivity index (χ2n) is 7.95. The van der Waals surface area contributed by atoms with E-state index in [0.717, 1.165) is 12.8 Å². The summed E-state index contributed by atoms with van der Waals surface area (Å²) >= 11 is 0. The second kappa shape index (κ2) is 9.46. The van der Waals surface area contributed by atoms with Crippen molar-refractivity contribution in [2.75, 3.05) is 23.1 Å². The van der Waals surface area contributed by atoms with Crippen molar-refractivity contribution in [2.24, 2.45) is 0 Å². The molecule has 2 N–H and O–H groups in total. The largest absolute Gasteiger partial charge is 0.339 e. The highest BCUT2D eigenvalue weighted by Gasteiger charge is 2.23. The molecule has 4 rings (SSSR count). The minimum Gasteiger partial charge on any atom is -0.339 e. The highest BCUT2D eigenvalue weighted by molar-refractivity contribution is 7.92. The molecule has 1 heterocycles. The average Bonchev–Trinajstić information content (AvgIpc) is 3.34. The molecule has 33 heavy (non-hydrogen) atoms. The Morgan fingerprint density at radius 3 is 2.27 bits per heavy atom. The van der Waals surface area contributed by atoms with Crippen LogP contribution in [0.1, 0.15) is 39.1 Å². The summed E-state index contributed by atoms with van der Waals surface area (Å²) in [7, 11) is -3.90. The lowest BCUT2D eigenvalue weighted by Crippen LogP contribution is -2.28. The Hall–Kier alpha value is -3.65. The van der Waals surface area contributed by atoms with Crippen LogP contribution in [0.5, 0.6) is 0 Å². The summed E-state index contributed by atoms with van der Waals surface area (Å²) in [6.07, 6.45) is 1.94. The van der Waals surface area contributed by atoms with Gasteiger partial charge in [-0.3, -0.25) is 14.3 Å². The van der Waals surface area contributed by atoms with E-state index in [4.69, 9.17) is 0 Å². The molecule has 3 aromatic rings. The smallest absolute Gasteiger partial charge is 0.262 e. The van der Waals surface area contributed by atoms with Gasteiger partial charge in [0.1, 0.15) is 0 Å². The van der Waals surface area contributed by atoms with Gasteiger partial charge in [-0.15, -0.1) is 0 Å². The first kappa shape index (κ1) is 22.5. The molecule has 0 aliphatic carbocycles. The Bertz CT molecular complexity index is 1280. The van der Waals surface area contributed by atoms with Crippen molar-refractivity contribution in [3.05, 3.63) is 89.5 Å². The van der Waals surface area contributed by atoms with E-state index in [2.05, 4.69) is 10.0 Å². The fourth-order valence-electron chi connectivity index (χ4n) is 3.81. The predicted octanol–water partition coefficient (Wildman–Crippen LogP) is 4.28. The minimum absolute atomic E-state index is 0.0143. The molecule has 0 saturated carbocycles. The van der Waals surface area contributed by atoms with Gasteiger partial charge in [0.05, 0.1) is 16.1 Å². The number of nitrogens with one attached hydrogen (secondary N) is 2. The summed E-state index contributed by atoms with van der Waals surface area (Å²) < 4.78 is 28.4. The van der Waals surface area contributed by atoms with Gasteiger partial charge in [-0.1, -0.05) is 36.4 Å². The number of likely N-dealkylation sites (tertiary alicyclic amines) is 1. The molecule has 1 aliphatic heterocycles. The summed E-state index contributed by atoms with van der Waals surface area (Å²) in [6, 6.07) is 19.9. The van der Waals surface area contributed by atoms with Gasteiger partial charge >= 0.3 is 0 Å². The second-order valence-corrected chi connectivity index (χ2v) is 9.60. The number of sulfonamides is 1. The number of hydrogen-bond acceptors (Lipinski definition) is 4. The van der Waals surface area contributed by atoms with Crippen LogP contribution in [0.25, 0.3) is 0 Å². The maximum atomic E-state index is 13.0. The lowest BCUT2D eigenvalue weighted by molar-refractivity contribution is 0.0794. The molecule has 3 aromatic carbocycles. The first-order valence-corrected chi connectivity index (χ1v) is 12.2. The molecular weight excluding hydrogens is 438 g/mol. The number of amides is 2. The van der Waals surface area contributed by atoms with Gasteiger partial charge in [-0.05, 0) is 61.7 Å². The van der Waals surface area contributed by atoms with E-state index in [0.29, 0.717) is 35.6 Å². The Morgan fingerprint density at radius 1 is 0.879 bits per heavy atom. The highest BCUT2D eigenvalue weighted by atomic mass is 32.2. The van der Waals surface area contributed by atoms with E-state index in [-0.39, 0.29) is 16.4 Å². The molecule has 2 amide bonds. The van der Waals surface area contributed by atoms with Gasteiger partial charge in [0.15, 0.2) is 0 Å². The zero-order valence-corrected chi connectivity index (χ0v) is 19.1. The van der Waals surface area contributed by atoms with Crippen LogP contribution >= 0.6 is 0 Å². The van der Waals surface area contributed by atoms with Gasteiger partial charge in [-0.2, -0.15) is 0 Å². The SMILES string of the molecule is Cc1ccc(C(=O)Nc2ccccc2C(=O)N2CCCC2)cc1S(=O)(=O)Nc1ccccc1. The first-order chi connectivity index (χ1) is 15.8. The number of carbonyl (C=O) groups is 2. The van der Waals surface area contributed by atoms with E-state index < -0.39 is 15.9 Å². The molecule has 1 aliphatic rings. The van der Waals surface area contributed by atoms with Crippen molar-refractivity contribution in [1.29, 1.82) is 0 Å². The van der Waals surface area contributed by atoms with Gasteiger partial charge in [0, 0.05) is 24.3 Å². The topological polar surface area (TPSA) is 95.6 Å². The van der Waals surface area contributed by atoms with Crippen molar-refractivity contribution in [1.82, 2.24) is 4.90 Å². The van der Waals surface area contributed by atoms with Crippen LogP contribution in [0.2, 0.25) is 0 Å². The van der Waals surface area contributed by atoms with E-state index >= 15 is 0 Å². The van der Waals surface area contributed by atoms with Crippen LogP contribution in [0.15, 0.2) is 77.7 Å².